The zero-order chi connectivity index (χ0) is 11.3. The van der Waals surface area contributed by atoms with Gasteiger partial charge in [-0.05, 0) is 0 Å². The molecule has 1 aromatic heterocycles. The van der Waals surface area contributed by atoms with E-state index < -0.39 is 0 Å². The Morgan fingerprint density at radius 3 is 2.87 bits per heavy atom. The highest BCUT2D eigenvalue weighted by Crippen LogP contribution is 2.00. The molecule has 15 heavy (non-hydrogen) atoms. The van der Waals surface area contributed by atoms with Crippen molar-refractivity contribution < 1.29 is 5.11 Å². The normalized spacial score (nSPS) is 13.4. The smallest absolute Gasteiger partial charge is 0.108 e. The molecule has 1 rings (SSSR count). The molecule has 0 saturated carbocycles. The largest absolute Gasteiger partial charge is 0.390 e. The molecule has 0 aliphatic rings. The van der Waals surface area contributed by atoms with Gasteiger partial charge in [0.2, 0.25) is 0 Å². The Morgan fingerprint density at radius 2 is 2.27 bits per heavy atom. The van der Waals surface area contributed by atoms with E-state index in [1.807, 2.05) is 10.8 Å². The topological polar surface area (TPSA) is 50.1 Å². The summed E-state index contributed by atoms with van der Waals surface area (Å²) >= 11 is 0. The second-order valence-electron chi connectivity index (χ2n) is 4.07. The summed E-state index contributed by atoms with van der Waals surface area (Å²) in [6.45, 7) is 7.45. The van der Waals surface area contributed by atoms with Gasteiger partial charge in [-0.2, -0.15) is 0 Å². The molecule has 1 atom stereocenters. The third-order valence-electron chi connectivity index (χ3n) is 2.29. The highest BCUT2D eigenvalue weighted by Gasteiger charge is 2.08. The van der Waals surface area contributed by atoms with Crippen molar-refractivity contribution in [1.82, 2.24) is 14.9 Å². The van der Waals surface area contributed by atoms with Crippen molar-refractivity contribution in [2.24, 2.45) is 0 Å². The Labute approximate surface area is 91.3 Å². The molecule has 4 nitrogen and oxygen atoms in total. The lowest BCUT2D eigenvalue weighted by atomic mass is 10.3. The van der Waals surface area contributed by atoms with E-state index in [2.05, 4.69) is 31.1 Å². The summed E-state index contributed by atoms with van der Waals surface area (Å²) in [5.74, 6) is 1.03. The fourth-order valence-corrected chi connectivity index (χ4v) is 1.48. The minimum Gasteiger partial charge on any atom is -0.390 e. The van der Waals surface area contributed by atoms with Crippen molar-refractivity contribution in [1.29, 1.82) is 0 Å². The third-order valence-corrected chi connectivity index (χ3v) is 2.29. The average Bonchev–Trinajstić information content (AvgIpc) is 2.62. The fourth-order valence-electron chi connectivity index (χ4n) is 1.48. The standard InChI is InChI=1S/C11H21N3O/c1-4-11-12-5-6-14(11)8-10(15)7-13-9(2)3/h5-6,9-10,13,15H,4,7-8H2,1-3H3. The molecule has 2 N–H and O–H groups in total. The molecule has 0 saturated heterocycles. The van der Waals surface area contributed by atoms with E-state index in [1.165, 1.54) is 0 Å². The first-order valence-electron chi connectivity index (χ1n) is 5.55. The Hall–Kier alpha value is -0.870. The van der Waals surface area contributed by atoms with Gasteiger partial charge in [0.15, 0.2) is 0 Å². The summed E-state index contributed by atoms with van der Waals surface area (Å²) < 4.78 is 2.01. The van der Waals surface area contributed by atoms with Crippen LogP contribution in [0.4, 0.5) is 0 Å². The van der Waals surface area contributed by atoms with Crippen LogP contribution >= 0.6 is 0 Å². The number of aliphatic hydroxyl groups is 1. The lowest BCUT2D eigenvalue weighted by Gasteiger charge is -2.15. The van der Waals surface area contributed by atoms with Gasteiger partial charge in [-0.15, -0.1) is 0 Å². The predicted molar refractivity (Wildman–Crippen MR) is 60.8 cm³/mol. The first-order valence-corrected chi connectivity index (χ1v) is 5.55. The number of imidazole rings is 1. The van der Waals surface area contributed by atoms with E-state index in [4.69, 9.17) is 0 Å². The molecular formula is C11H21N3O. The zero-order valence-electron chi connectivity index (χ0n) is 9.77. The summed E-state index contributed by atoms with van der Waals surface area (Å²) in [6.07, 6.45) is 4.24. The molecule has 1 aromatic rings. The lowest BCUT2D eigenvalue weighted by molar-refractivity contribution is 0.148. The molecule has 86 valence electrons. The van der Waals surface area contributed by atoms with Crippen LogP contribution in [0, 0.1) is 0 Å². The van der Waals surface area contributed by atoms with Crippen LogP contribution in [0.25, 0.3) is 0 Å². The number of hydrogen-bond acceptors (Lipinski definition) is 3. The highest BCUT2D eigenvalue weighted by molar-refractivity contribution is 4.92. The van der Waals surface area contributed by atoms with Gasteiger partial charge in [0.25, 0.3) is 0 Å². The first-order chi connectivity index (χ1) is 7.13. The number of aromatic nitrogens is 2. The van der Waals surface area contributed by atoms with Crippen LogP contribution in [-0.4, -0.2) is 33.3 Å². The Morgan fingerprint density at radius 1 is 1.53 bits per heavy atom. The van der Waals surface area contributed by atoms with E-state index in [1.54, 1.807) is 6.20 Å². The van der Waals surface area contributed by atoms with Crippen molar-refractivity contribution in [3.05, 3.63) is 18.2 Å². The Bertz CT molecular complexity index is 283. The summed E-state index contributed by atoms with van der Waals surface area (Å²) in [5.41, 5.74) is 0. The maximum absolute atomic E-state index is 9.78. The van der Waals surface area contributed by atoms with Crippen molar-refractivity contribution >= 4 is 0 Å². The Balaban J connectivity index is 2.40. The SMILES string of the molecule is CCc1nccn1CC(O)CNC(C)C. The molecular weight excluding hydrogens is 190 g/mol. The van der Waals surface area contributed by atoms with Gasteiger partial charge in [-0.3, -0.25) is 0 Å². The van der Waals surface area contributed by atoms with Crippen molar-refractivity contribution in [2.45, 2.75) is 45.9 Å². The van der Waals surface area contributed by atoms with Gasteiger partial charge in [0.1, 0.15) is 5.82 Å². The monoisotopic (exact) mass is 211 g/mol. The molecule has 0 aromatic carbocycles. The summed E-state index contributed by atoms with van der Waals surface area (Å²) in [4.78, 5) is 4.21. The Kier molecular flexibility index (Phi) is 4.78. The molecule has 0 fully saturated rings. The van der Waals surface area contributed by atoms with Crippen LogP contribution in [0.3, 0.4) is 0 Å². The highest BCUT2D eigenvalue weighted by atomic mass is 16.3. The van der Waals surface area contributed by atoms with Crippen LogP contribution in [0.5, 0.6) is 0 Å². The van der Waals surface area contributed by atoms with Crippen LogP contribution in [0.2, 0.25) is 0 Å². The molecule has 0 bridgehead atoms. The van der Waals surface area contributed by atoms with Gasteiger partial charge in [-0.1, -0.05) is 20.8 Å². The van der Waals surface area contributed by atoms with Gasteiger partial charge >= 0.3 is 0 Å². The van der Waals surface area contributed by atoms with Gasteiger partial charge in [-0.25, -0.2) is 4.98 Å². The molecule has 0 radical (unpaired) electrons. The van der Waals surface area contributed by atoms with Gasteiger partial charge in [0.05, 0.1) is 12.6 Å². The minimum atomic E-state index is -0.355. The van der Waals surface area contributed by atoms with Crippen molar-refractivity contribution in [3.8, 4) is 0 Å². The number of rotatable bonds is 6. The summed E-state index contributed by atoms with van der Waals surface area (Å²) in [5, 5.41) is 13.0. The van der Waals surface area contributed by atoms with Crippen LogP contribution in [0.1, 0.15) is 26.6 Å². The van der Waals surface area contributed by atoms with Crippen LogP contribution < -0.4 is 5.32 Å². The third kappa shape index (κ3) is 4.01. The molecule has 0 spiro atoms. The quantitative estimate of drug-likeness (QED) is 0.732. The second kappa shape index (κ2) is 5.88. The maximum Gasteiger partial charge on any atom is 0.108 e. The second-order valence-corrected chi connectivity index (χ2v) is 4.07. The van der Waals surface area contributed by atoms with E-state index in [-0.39, 0.29) is 6.10 Å². The molecule has 0 amide bonds. The molecule has 4 heteroatoms. The van der Waals surface area contributed by atoms with Crippen LogP contribution in [0.15, 0.2) is 12.4 Å². The van der Waals surface area contributed by atoms with Gasteiger partial charge in [0, 0.05) is 31.4 Å². The number of nitrogens with one attached hydrogen (secondary N) is 1. The fraction of sp³-hybridized carbons (Fsp3) is 0.727. The average molecular weight is 211 g/mol. The van der Waals surface area contributed by atoms with Crippen LogP contribution in [-0.2, 0) is 13.0 Å². The number of nitrogens with zero attached hydrogens (tertiary/aromatic N) is 2. The zero-order valence-corrected chi connectivity index (χ0v) is 9.77. The number of hydrogen-bond donors (Lipinski definition) is 2. The minimum absolute atomic E-state index is 0.355. The number of aryl methyl sites for hydroxylation is 1. The molecule has 0 aliphatic heterocycles. The molecule has 1 unspecified atom stereocenters. The molecule has 0 aliphatic carbocycles. The van der Waals surface area contributed by atoms with E-state index in [9.17, 15) is 5.11 Å². The molecule has 1 heterocycles. The van der Waals surface area contributed by atoms with E-state index >= 15 is 0 Å². The first kappa shape index (κ1) is 12.2. The summed E-state index contributed by atoms with van der Waals surface area (Å²) in [7, 11) is 0. The van der Waals surface area contributed by atoms with Crippen molar-refractivity contribution in [2.75, 3.05) is 6.54 Å². The lowest BCUT2D eigenvalue weighted by Crippen LogP contribution is -2.34. The number of aliphatic hydroxyl groups excluding tert-OH is 1. The van der Waals surface area contributed by atoms with E-state index in [0.717, 1.165) is 12.2 Å². The van der Waals surface area contributed by atoms with E-state index in [0.29, 0.717) is 19.1 Å². The summed E-state index contributed by atoms with van der Waals surface area (Å²) in [6, 6.07) is 0.410. The van der Waals surface area contributed by atoms with Gasteiger partial charge < -0.3 is 15.0 Å². The maximum atomic E-state index is 9.78. The van der Waals surface area contributed by atoms with Crippen molar-refractivity contribution in [3.63, 3.8) is 0 Å². The predicted octanol–water partition coefficient (Wildman–Crippen LogP) is 0.804.